The fraction of sp³-hybridized carbons (Fsp3) is 0. The lowest BCUT2D eigenvalue weighted by Crippen LogP contribution is -2.40. The van der Waals surface area contributed by atoms with E-state index in [1.165, 1.54) is 0 Å². The fourth-order valence-electron chi connectivity index (χ4n) is 0.750. The van der Waals surface area contributed by atoms with Gasteiger partial charge in [-0.25, -0.2) is 5.84 Å². The van der Waals surface area contributed by atoms with Gasteiger partial charge in [-0.2, -0.15) is 5.59 Å². The van der Waals surface area contributed by atoms with Gasteiger partial charge in [0.1, 0.15) is 0 Å². The maximum atomic E-state index is 9.16. The van der Waals surface area contributed by atoms with Crippen LogP contribution in [-0.4, -0.2) is 12.1 Å². The van der Waals surface area contributed by atoms with Crippen LogP contribution in [0.5, 0.6) is 0 Å². The Bertz CT molecular complexity index is 207. The summed E-state index contributed by atoms with van der Waals surface area (Å²) in [5.41, 5.74) is 2.57. The third-order valence-corrected chi connectivity index (χ3v) is 1.26. The monoisotopic (exact) mass is 152 g/mol. The molecular weight excluding hydrogens is 143 g/mol. The van der Waals surface area contributed by atoms with E-state index >= 15 is 0 Å². The minimum absolute atomic E-state index is 0.658. The molecule has 0 heterocycles. The average molecular weight is 152 g/mol. The number of nitrogens with two attached hydrogens (primary N) is 1. The quantitative estimate of drug-likeness (QED) is 0.288. The molecular formula is C6H9BN2O2. The first kappa shape index (κ1) is 8.22. The number of nitrogens with one attached hydrogen (secondary N) is 1. The molecule has 0 bridgehead atoms. The molecule has 0 saturated heterocycles. The molecule has 1 aromatic rings. The predicted octanol–water partition coefficient (Wildman–Crippen LogP) is -1.23. The van der Waals surface area contributed by atoms with Crippen LogP contribution < -0.4 is 16.9 Å². The molecule has 1 rings (SSSR count). The van der Waals surface area contributed by atoms with Crippen molar-refractivity contribution in [2.24, 2.45) is 5.84 Å². The van der Waals surface area contributed by atoms with E-state index in [4.69, 9.17) is 10.9 Å². The Kier molecular flexibility index (Phi) is 3.06. The Morgan fingerprint density at radius 1 is 1.36 bits per heavy atom. The van der Waals surface area contributed by atoms with Crippen LogP contribution in [0.15, 0.2) is 30.3 Å². The lowest BCUT2D eigenvalue weighted by molar-refractivity contribution is 0.167. The van der Waals surface area contributed by atoms with E-state index in [1.807, 2.05) is 11.7 Å². The highest BCUT2D eigenvalue weighted by Gasteiger charge is 2.14. The molecule has 0 fully saturated rings. The van der Waals surface area contributed by atoms with Crippen LogP contribution in [0.2, 0.25) is 0 Å². The second-order valence-corrected chi connectivity index (χ2v) is 2.00. The van der Waals surface area contributed by atoms with Gasteiger partial charge in [-0.15, -0.1) is 0 Å². The molecule has 0 radical (unpaired) electrons. The van der Waals surface area contributed by atoms with Gasteiger partial charge in [0.05, 0.1) is 0 Å². The SMILES string of the molecule is NNOB(O)c1ccccc1. The van der Waals surface area contributed by atoms with Gasteiger partial charge < -0.3 is 9.78 Å². The van der Waals surface area contributed by atoms with Gasteiger partial charge in [-0.1, -0.05) is 30.3 Å². The summed E-state index contributed by atoms with van der Waals surface area (Å²) in [5, 5.41) is 9.16. The van der Waals surface area contributed by atoms with E-state index < -0.39 is 7.12 Å². The summed E-state index contributed by atoms with van der Waals surface area (Å²) in [6, 6.07) is 8.94. The summed E-state index contributed by atoms with van der Waals surface area (Å²) >= 11 is 0. The van der Waals surface area contributed by atoms with Crippen molar-refractivity contribution in [3.63, 3.8) is 0 Å². The molecule has 0 aliphatic heterocycles. The maximum Gasteiger partial charge on any atom is 0.509 e. The summed E-state index contributed by atoms with van der Waals surface area (Å²) in [5.74, 6) is 4.83. The molecule has 0 amide bonds. The van der Waals surface area contributed by atoms with E-state index in [1.54, 1.807) is 24.3 Å². The van der Waals surface area contributed by atoms with Crippen molar-refractivity contribution in [1.82, 2.24) is 5.59 Å². The normalized spacial score (nSPS) is 9.64. The minimum atomic E-state index is -1.01. The molecule has 0 saturated carbocycles. The van der Waals surface area contributed by atoms with Crippen LogP contribution in [0.4, 0.5) is 0 Å². The van der Waals surface area contributed by atoms with Crippen LogP contribution in [0.25, 0.3) is 0 Å². The smallest absolute Gasteiger partial charge is 0.422 e. The Morgan fingerprint density at radius 3 is 2.55 bits per heavy atom. The Hall–Kier alpha value is -0.875. The van der Waals surface area contributed by atoms with Crippen molar-refractivity contribution in [1.29, 1.82) is 0 Å². The Labute approximate surface area is 65.0 Å². The minimum Gasteiger partial charge on any atom is -0.422 e. The summed E-state index contributed by atoms with van der Waals surface area (Å²) in [6.45, 7) is 0. The molecule has 0 aliphatic rings. The van der Waals surface area contributed by atoms with Crippen molar-refractivity contribution >= 4 is 12.6 Å². The van der Waals surface area contributed by atoms with E-state index in [9.17, 15) is 0 Å². The molecule has 58 valence electrons. The number of hydrogen-bond acceptors (Lipinski definition) is 4. The maximum absolute atomic E-state index is 9.16. The standard InChI is InChI=1S/C6H9BN2O2/c8-9-11-7(10)6-4-2-1-3-5-6/h1-5,9-10H,8H2. The molecule has 0 aromatic heterocycles. The summed E-state index contributed by atoms with van der Waals surface area (Å²) in [7, 11) is -1.01. The Balaban J connectivity index is 2.61. The first-order chi connectivity index (χ1) is 5.34. The van der Waals surface area contributed by atoms with Gasteiger partial charge in [0.2, 0.25) is 0 Å². The molecule has 0 spiro atoms. The molecule has 11 heavy (non-hydrogen) atoms. The van der Waals surface area contributed by atoms with Gasteiger partial charge in [0, 0.05) is 0 Å². The third-order valence-electron chi connectivity index (χ3n) is 1.26. The summed E-state index contributed by atoms with van der Waals surface area (Å²) < 4.78 is 4.51. The van der Waals surface area contributed by atoms with Gasteiger partial charge >= 0.3 is 7.12 Å². The van der Waals surface area contributed by atoms with Crippen LogP contribution in [0.3, 0.4) is 0 Å². The highest BCUT2D eigenvalue weighted by molar-refractivity contribution is 6.59. The fourth-order valence-corrected chi connectivity index (χ4v) is 0.750. The highest BCUT2D eigenvalue weighted by atomic mass is 16.7. The van der Waals surface area contributed by atoms with Gasteiger partial charge in [0.15, 0.2) is 0 Å². The number of benzene rings is 1. The van der Waals surface area contributed by atoms with Crippen molar-refractivity contribution in [3.05, 3.63) is 30.3 Å². The van der Waals surface area contributed by atoms with E-state index in [0.29, 0.717) is 5.46 Å². The average Bonchev–Trinajstić information content (AvgIpc) is 2.07. The molecule has 0 unspecified atom stereocenters. The largest absolute Gasteiger partial charge is 0.509 e. The van der Waals surface area contributed by atoms with Crippen LogP contribution >= 0.6 is 0 Å². The van der Waals surface area contributed by atoms with Crippen molar-refractivity contribution in [2.75, 3.05) is 0 Å². The second kappa shape index (κ2) is 4.10. The van der Waals surface area contributed by atoms with Crippen LogP contribution in [-0.2, 0) is 4.76 Å². The molecule has 5 heteroatoms. The predicted molar refractivity (Wildman–Crippen MR) is 42.5 cm³/mol. The lowest BCUT2D eigenvalue weighted by atomic mass is 9.80. The molecule has 0 atom stereocenters. The lowest BCUT2D eigenvalue weighted by Gasteiger charge is -2.04. The van der Waals surface area contributed by atoms with E-state index in [0.717, 1.165) is 0 Å². The highest BCUT2D eigenvalue weighted by Crippen LogP contribution is 1.84. The summed E-state index contributed by atoms with van der Waals surface area (Å²) in [6.07, 6.45) is 0. The number of hydrogen-bond donors (Lipinski definition) is 3. The van der Waals surface area contributed by atoms with Crippen LogP contribution in [0, 0.1) is 0 Å². The van der Waals surface area contributed by atoms with E-state index in [-0.39, 0.29) is 0 Å². The third kappa shape index (κ3) is 2.32. The topological polar surface area (TPSA) is 67.5 Å². The zero-order valence-corrected chi connectivity index (χ0v) is 5.90. The van der Waals surface area contributed by atoms with Crippen LogP contribution in [0.1, 0.15) is 0 Å². The van der Waals surface area contributed by atoms with Gasteiger partial charge in [-0.3, -0.25) is 0 Å². The van der Waals surface area contributed by atoms with Gasteiger partial charge in [0.25, 0.3) is 0 Å². The zero-order valence-electron chi connectivity index (χ0n) is 5.90. The molecule has 0 aliphatic carbocycles. The molecule has 4 nitrogen and oxygen atoms in total. The van der Waals surface area contributed by atoms with Crippen molar-refractivity contribution in [2.45, 2.75) is 0 Å². The first-order valence-corrected chi connectivity index (χ1v) is 3.19. The van der Waals surface area contributed by atoms with Crippen molar-refractivity contribution in [3.8, 4) is 0 Å². The first-order valence-electron chi connectivity index (χ1n) is 3.19. The number of rotatable bonds is 3. The number of hydrazine groups is 1. The van der Waals surface area contributed by atoms with E-state index in [2.05, 4.69) is 4.76 Å². The molecule has 1 aromatic carbocycles. The van der Waals surface area contributed by atoms with Crippen molar-refractivity contribution < 1.29 is 9.78 Å². The Morgan fingerprint density at radius 2 is 2.00 bits per heavy atom. The molecule has 4 N–H and O–H groups in total. The zero-order chi connectivity index (χ0) is 8.10. The second-order valence-electron chi connectivity index (χ2n) is 2.00. The summed E-state index contributed by atoms with van der Waals surface area (Å²) in [4.78, 5) is 0. The van der Waals surface area contributed by atoms with Gasteiger partial charge in [-0.05, 0) is 5.46 Å².